The molecule has 0 aromatic carbocycles. The molecule has 0 amide bonds. The van der Waals surface area contributed by atoms with E-state index in [0.717, 1.165) is 25.9 Å². The van der Waals surface area contributed by atoms with Gasteiger partial charge in [-0.05, 0) is 31.8 Å². The van der Waals surface area contributed by atoms with Crippen molar-refractivity contribution in [2.75, 3.05) is 32.1 Å². The van der Waals surface area contributed by atoms with E-state index in [1.165, 1.54) is 0 Å². The van der Waals surface area contributed by atoms with Gasteiger partial charge in [-0.1, -0.05) is 0 Å². The van der Waals surface area contributed by atoms with Crippen LogP contribution in [0.3, 0.4) is 0 Å². The third kappa shape index (κ3) is 3.41. The minimum Gasteiger partial charge on any atom is -0.380 e. The first-order valence-corrected chi connectivity index (χ1v) is 7.09. The molecular formula is C9H18N2O3S. The molecule has 0 radical (unpaired) electrons. The van der Waals surface area contributed by atoms with Crippen LogP contribution >= 0.6 is 0 Å². The van der Waals surface area contributed by atoms with Crippen LogP contribution < -0.4 is 10.0 Å². The first kappa shape index (κ1) is 11.3. The maximum atomic E-state index is 11.7. The van der Waals surface area contributed by atoms with Crippen LogP contribution in [0, 0.1) is 5.92 Å². The Kier molecular flexibility index (Phi) is 3.60. The topological polar surface area (TPSA) is 67.4 Å². The molecule has 2 fully saturated rings. The molecule has 0 aliphatic carbocycles. The Morgan fingerprint density at radius 3 is 2.87 bits per heavy atom. The van der Waals surface area contributed by atoms with Crippen molar-refractivity contribution < 1.29 is 13.2 Å². The Balaban J connectivity index is 1.82. The quantitative estimate of drug-likeness (QED) is 0.675. The van der Waals surface area contributed by atoms with Gasteiger partial charge in [-0.3, -0.25) is 0 Å². The van der Waals surface area contributed by atoms with Crippen molar-refractivity contribution in [2.45, 2.75) is 18.9 Å². The highest BCUT2D eigenvalue weighted by atomic mass is 32.2. The van der Waals surface area contributed by atoms with Crippen LogP contribution in [0.4, 0.5) is 0 Å². The van der Waals surface area contributed by atoms with Gasteiger partial charge in [0.15, 0.2) is 0 Å². The van der Waals surface area contributed by atoms with Gasteiger partial charge in [0.05, 0.1) is 12.4 Å². The highest BCUT2D eigenvalue weighted by molar-refractivity contribution is 7.89. The van der Waals surface area contributed by atoms with Crippen molar-refractivity contribution >= 4 is 10.0 Å². The minimum atomic E-state index is -3.12. The van der Waals surface area contributed by atoms with E-state index >= 15 is 0 Å². The van der Waals surface area contributed by atoms with Gasteiger partial charge in [0, 0.05) is 12.6 Å². The molecule has 0 aromatic heterocycles. The Morgan fingerprint density at radius 1 is 1.40 bits per heavy atom. The second-order valence-electron chi connectivity index (χ2n) is 4.32. The number of ether oxygens (including phenoxy) is 1. The lowest BCUT2D eigenvalue weighted by atomic mass is 10.2. The third-order valence-corrected chi connectivity index (χ3v) is 4.50. The fraction of sp³-hybridized carbons (Fsp3) is 1.00. The standard InChI is InChI=1S/C9H18N2O3S/c12-15(13,7-8-1-3-10-5-8)11-9-2-4-14-6-9/h8-11H,1-7H2. The Morgan fingerprint density at radius 2 is 2.27 bits per heavy atom. The summed E-state index contributed by atoms with van der Waals surface area (Å²) in [5.74, 6) is 0.515. The summed E-state index contributed by atoms with van der Waals surface area (Å²) in [6, 6.07) is -0.00985. The van der Waals surface area contributed by atoms with Gasteiger partial charge in [-0.2, -0.15) is 0 Å². The average Bonchev–Trinajstić information content (AvgIpc) is 2.75. The lowest BCUT2D eigenvalue weighted by Gasteiger charge is -2.13. The number of hydrogen-bond donors (Lipinski definition) is 2. The molecule has 0 bridgehead atoms. The lowest BCUT2D eigenvalue weighted by Crippen LogP contribution is -2.38. The van der Waals surface area contributed by atoms with Crippen LogP contribution in [0.1, 0.15) is 12.8 Å². The van der Waals surface area contributed by atoms with Gasteiger partial charge in [0.25, 0.3) is 0 Å². The molecule has 88 valence electrons. The van der Waals surface area contributed by atoms with Crippen molar-refractivity contribution in [2.24, 2.45) is 5.92 Å². The van der Waals surface area contributed by atoms with E-state index in [1.54, 1.807) is 0 Å². The molecule has 2 rings (SSSR count). The zero-order chi connectivity index (χ0) is 10.7. The first-order valence-electron chi connectivity index (χ1n) is 5.44. The third-order valence-electron chi connectivity index (χ3n) is 2.89. The molecule has 0 saturated carbocycles. The SMILES string of the molecule is O=S(=O)(CC1CCNC1)NC1CCOC1. The van der Waals surface area contributed by atoms with Crippen LogP contribution in [0.15, 0.2) is 0 Å². The maximum Gasteiger partial charge on any atom is 0.212 e. The summed E-state index contributed by atoms with van der Waals surface area (Å²) in [4.78, 5) is 0. The van der Waals surface area contributed by atoms with Gasteiger partial charge in [0.1, 0.15) is 0 Å². The molecule has 15 heavy (non-hydrogen) atoms. The largest absolute Gasteiger partial charge is 0.380 e. The molecule has 6 heteroatoms. The Hall–Kier alpha value is -0.170. The van der Waals surface area contributed by atoms with E-state index < -0.39 is 10.0 Å². The van der Waals surface area contributed by atoms with Crippen LogP contribution in [0.2, 0.25) is 0 Å². The average molecular weight is 234 g/mol. The van der Waals surface area contributed by atoms with E-state index in [9.17, 15) is 8.42 Å². The summed E-state index contributed by atoms with van der Waals surface area (Å²) >= 11 is 0. The summed E-state index contributed by atoms with van der Waals surface area (Å²) in [5.41, 5.74) is 0. The maximum absolute atomic E-state index is 11.7. The fourth-order valence-electron chi connectivity index (χ4n) is 2.10. The molecule has 2 heterocycles. The summed E-state index contributed by atoms with van der Waals surface area (Å²) in [6.07, 6.45) is 1.75. The van der Waals surface area contributed by atoms with Crippen LogP contribution in [-0.2, 0) is 14.8 Å². The predicted octanol–water partition coefficient (Wildman–Crippen LogP) is -0.696. The fourth-order valence-corrected chi connectivity index (χ4v) is 3.79. The molecule has 2 saturated heterocycles. The summed E-state index contributed by atoms with van der Waals surface area (Å²) in [5, 5.41) is 3.17. The van der Waals surface area contributed by atoms with Crippen molar-refractivity contribution in [3.05, 3.63) is 0 Å². The van der Waals surface area contributed by atoms with Crippen molar-refractivity contribution in [1.82, 2.24) is 10.0 Å². The minimum absolute atomic E-state index is 0.00985. The van der Waals surface area contributed by atoms with Gasteiger partial charge in [-0.25, -0.2) is 13.1 Å². The summed E-state index contributed by atoms with van der Waals surface area (Å²) in [7, 11) is -3.12. The van der Waals surface area contributed by atoms with E-state index in [0.29, 0.717) is 13.2 Å². The number of hydrogen-bond acceptors (Lipinski definition) is 4. The number of nitrogens with one attached hydrogen (secondary N) is 2. The monoisotopic (exact) mass is 234 g/mol. The van der Waals surface area contributed by atoms with Crippen molar-refractivity contribution in [3.8, 4) is 0 Å². The normalized spacial score (nSPS) is 32.3. The Bertz CT molecular complexity index is 268. The highest BCUT2D eigenvalue weighted by Gasteiger charge is 2.26. The summed E-state index contributed by atoms with van der Waals surface area (Å²) in [6.45, 7) is 2.94. The number of sulfonamides is 1. The molecular weight excluding hydrogens is 216 g/mol. The molecule has 2 aliphatic rings. The molecule has 0 spiro atoms. The van der Waals surface area contributed by atoms with E-state index in [1.807, 2.05) is 0 Å². The van der Waals surface area contributed by atoms with Crippen LogP contribution in [-0.4, -0.2) is 46.5 Å². The Labute approximate surface area is 90.6 Å². The second kappa shape index (κ2) is 4.78. The van der Waals surface area contributed by atoms with E-state index in [-0.39, 0.29) is 17.7 Å². The molecule has 5 nitrogen and oxygen atoms in total. The van der Waals surface area contributed by atoms with Gasteiger partial charge < -0.3 is 10.1 Å². The molecule has 2 N–H and O–H groups in total. The predicted molar refractivity (Wildman–Crippen MR) is 57.1 cm³/mol. The highest BCUT2D eigenvalue weighted by Crippen LogP contribution is 2.11. The smallest absolute Gasteiger partial charge is 0.212 e. The van der Waals surface area contributed by atoms with Gasteiger partial charge in [-0.15, -0.1) is 0 Å². The molecule has 2 unspecified atom stereocenters. The van der Waals surface area contributed by atoms with Gasteiger partial charge >= 0.3 is 0 Å². The summed E-state index contributed by atoms with van der Waals surface area (Å²) < 4.78 is 31.3. The number of rotatable bonds is 4. The lowest BCUT2D eigenvalue weighted by molar-refractivity contribution is 0.192. The van der Waals surface area contributed by atoms with Crippen molar-refractivity contribution in [3.63, 3.8) is 0 Å². The first-order chi connectivity index (χ1) is 7.16. The van der Waals surface area contributed by atoms with Crippen LogP contribution in [0.5, 0.6) is 0 Å². The van der Waals surface area contributed by atoms with E-state index in [4.69, 9.17) is 4.74 Å². The second-order valence-corrected chi connectivity index (χ2v) is 6.12. The molecule has 2 atom stereocenters. The molecule has 2 aliphatic heterocycles. The van der Waals surface area contributed by atoms with Crippen LogP contribution in [0.25, 0.3) is 0 Å². The zero-order valence-corrected chi connectivity index (χ0v) is 9.55. The van der Waals surface area contributed by atoms with Crippen molar-refractivity contribution in [1.29, 1.82) is 0 Å². The van der Waals surface area contributed by atoms with E-state index in [2.05, 4.69) is 10.0 Å². The molecule has 0 aromatic rings. The van der Waals surface area contributed by atoms with Gasteiger partial charge in [0.2, 0.25) is 10.0 Å². The zero-order valence-electron chi connectivity index (χ0n) is 8.74.